The van der Waals surface area contributed by atoms with Crippen molar-refractivity contribution in [2.24, 2.45) is 23.5 Å². The number of allylic oxidation sites excluding steroid dienone is 3. The molecule has 0 saturated heterocycles. The van der Waals surface area contributed by atoms with Crippen molar-refractivity contribution in [3.63, 3.8) is 0 Å². The summed E-state index contributed by atoms with van der Waals surface area (Å²) in [5.41, 5.74) is 9.45. The average molecular weight is 357 g/mol. The number of hydrogen-bond acceptors (Lipinski definition) is 4. The first-order valence-corrected chi connectivity index (χ1v) is 9.85. The normalized spacial score (nSPS) is 36.6. The van der Waals surface area contributed by atoms with E-state index in [4.69, 9.17) is 20.6 Å². The van der Waals surface area contributed by atoms with Gasteiger partial charge in [-0.05, 0) is 49.7 Å². The van der Waals surface area contributed by atoms with Gasteiger partial charge in [-0.15, -0.1) is 0 Å². The van der Waals surface area contributed by atoms with Crippen LogP contribution in [0.2, 0.25) is 0 Å². The van der Waals surface area contributed by atoms with Crippen LogP contribution in [0.4, 0.5) is 0 Å². The van der Waals surface area contributed by atoms with Crippen LogP contribution in [-0.2, 0) is 14.3 Å². The number of rotatable bonds is 2. The molecule has 2 fully saturated rings. The van der Waals surface area contributed by atoms with Gasteiger partial charge in [0.25, 0.3) is 0 Å². The maximum atomic E-state index is 12.5. The Labute approximate surface area is 154 Å². The second kappa shape index (κ2) is 7.03. The molecule has 26 heavy (non-hydrogen) atoms. The zero-order valence-corrected chi connectivity index (χ0v) is 15.4. The van der Waals surface area contributed by atoms with Gasteiger partial charge in [-0.2, -0.15) is 0 Å². The molecule has 5 atom stereocenters. The van der Waals surface area contributed by atoms with Crippen molar-refractivity contribution in [1.82, 2.24) is 0 Å². The van der Waals surface area contributed by atoms with Crippen LogP contribution >= 0.6 is 0 Å². The second-order valence-electron chi connectivity index (χ2n) is 8.07. The number of fused-ring (bicyclic) bond motifs is 2. The number of esters is 1. The van der Waals surface area contributed by atoms with E-state index in [1.165, 1.54) is 12.7 Å². The van der Waals surface area contributed by atoms with Crippen molar-refractivity contribution in [2.45, 2.75) is 57.1 Å². The van der Waals surface area contributed by atoms with E-state index in [1.807, 2.05) is 12.2 Å². The fourth-order valence-electron chi connectivity index (χ4n) is 5.30. The summed E-state index contributed by atoms with van der Waals surface area (Å²) >= 11 is 0. The van der Waals surface area contributed by atoms with Crippen LogP contribution in [0, 0.1) is 17.8 Å². The van der Waals surface area contributed by atoms with Gasteiger partial charge in [0.05, 0.1) is 19.1 Å². The summed E-state index contributed by atoms with van der Waals surface area (Å²) in [5.74, 6) is 1.29. The van der Waals surface area contributed by atoms with Crippen LogP contribution in [0.5, 0.6) is 0 Å². The van der Waals surface area contributed by atoms with E-state index < -0.39 is 0 Å². The Morgan fingerprint density at radius 3 is 2.81 bits per heavy atom. The van der Waals surface area contributed by atoms with Crippen molar-refractivity contribution >= 4 is 11.7 Å². The van der Waals surface area contributed by atoms with Crippen molar-refractivity contribution in [2.75, 3.05) is 7.11 Å². The molecule has 0 aromatic carbocycles. The predicted molar refractivity (Wildman–Crippen MR) is 98.8 cm³/mol. The van der Waals surface area contributed by atoms with E-state index >= 15 is 0 Å². The summed E-state index contributed by atoms with van der Waals surface area (Å²) in [6, 6.07) is 0.183. The van der Waals surface area contributed by atoms with Crippen molar-refractivity contribution in [3.05, 3.63) is 35.1 Å². The van der Waals surface area contributed by atoms with Gasteiger partial charge in [-0.25, -0.2) is 0 Å². The van der Waals surface area contributed by atoms with E-state index in [-0.39, 0.29) is 30.0 Å². The van der Waals surface area contributed by atoms with Crippen molar-refractivity contribution in [3.8, 4) is 0 Å². The Balaban J connectivity index is 1.79. The van der Waals surface area contributed by atoms with Crippen molar-refractivity contribution in [1.29, 1.82) is 0 Å². The SMILES string of the molecule is COC(=O)C1CCCCC1C1=C2C=CC(=[NH2+])C=C2OC2CC(N)CCC12. The van der Waals surface area contributed by atoms with Gasteiger partial charge in [0.15, 0.2) is 5.71 Å². The molecule has 1 aliphatic heterocycles. The minimum absolute atomic E-state index is 0.0523. The topological polar surface area (TPSA) is 87.1 Å². The molecular weight excluding hydrogens is 328 g/mol. The first-order chi connectivity index (χ1) is 12.6. The molecule has 0 aromatic rings. The van der Waals surface area contributed by atoms with Gasteiger partial charge in [0.2, 0.25) is 0 Å². The summed E-state index contributed by atoms with van der Waals surface area (Å²) in [6.45, 7) is 0. The Kier molecular flexibility index (Phi) is 4.74. The van der Waals surface area contributed by atoms with E-state index in [0.717, 1.165) is 56.3 Å². The van der Waals surface area contributed by atoms with Crippen LogP contribution in [0.25, 0.3) is 0 Å². The highest BCUT2D eigenvalue weighted by Gasteiger charge is 2.45. The Hall–Kier alpha value is -1.88. The summed E-state index contributed by atoms with van der Waals surface area (Å²) < 4.78 is 11.5. The Morgan fingerprint density at radius 1 is 1.19 bits per heavy atom. The molecule has 1 heterocycles. The van der Waals surface area contributed by atoms with Crippen LogP contribution in [0.3, 0.4) is 0 Å². The first-order valence-electron chi connectivity index (χ1n) is 9.85. The lowest BCUT2D eigenvalue weighted by atomic mass is 9.65. The molecule has 140 valence electrons. The molecule has 0 bridgehead atoms. The summed E-state index contributed by atoms with van der Waals surface area (Å²) in [5, 5.41) is 6.01. The third-order valence-electron chi connectivity index (χ3n) is 6.50. The third kappa shape index (κ3) is 3.02. The van der Waals surface area contributed by atoms with Gasteiger partial charge >= 0.3 is 5.97 Å². The van der Waals surface area contributed by atoms with Gasteiger partial charge in [-0.1, -0.05) is 12.8 Å². The molecule has 4 rings (SSSR count). The molecule has 5 heteroatoms. The lowest BCUT2D eigenvalue weighted by molar-refractivity contribution is -0.148. The largest absolute Gasteiger partial charge is 0.489 e. The highest BCUT2D eigenvalue weighted by Crippen LogP contribution is 2.49. The number of methoxy groups -OCH3 is 1. The monoisotopic (exact) mass is 357 g/mol. The molecule has 5 unspecified atom stereocenters. The summed E-state index contributed by atoms with van der Waals surface area (Å²) in [4.78, 5) is 12.5. The minimum Gasteiger partial charge on any atom is -0.489 e. The first kappa shape index (κ1) is 17.5. The Bertz CT molecular complexity index is 706. The average Bonchev–Trinajstić information content (AvgIpc) is 2.65. The number of ether oxygens (including phenoxy) is 2. The summed E-state index contributed by atoms with van der Waals surface area (Å²) in [6.07, 6.45) is 13.1. The van der Waals surface area contributed by atoms with E-state index in [1.54, 1.807) is 0 Å². The maximum Gasteiger partial charge on any atom is 0.309 e. The minimum atomic E-state index is -0.0743. The molecule has 0 aromatic heterocycles. The van der Waals surface area contributed by atoms with E-state index in [0.29, 0.717) is 11.6 Å². The second-order valence-corrected chi connectivity index (χ2v) is 8.07. The van der Waals surface area contributed by atoms with Gasteiger partial charge in [0, 0.05) is 23.6 Å². The van der Waals surface area contributed by atoms with Crippen molar-refractivity contribution < 1.29 is 19.7 Å². The maximum absolute atomic E-state index is 12.5. The Morgan fingerprint density at radius 2 is 2.00 bits per heavy atom. The van der Waals surface area contributed by atoms with Crippen LogP contribution in [0.1, 0.15) is 44.9 Å². The highest BCUT2D eigenvalue weighted by molar-refractivity contribution is 6.02. The quantitative estimate of drug-likeness (QED) is 0.732. The zero-order chi connectivity index (χ0) is 18.3. The number of hydrogen-bond donors (Lipinski definition) is 2. The molecular formula is C21H29N2O3+. The van der Waals surface area contributed by atoms with Gasteiger partial charge in [0.1, 0.15) is 11.9 Å². The van der Waals surface area contributed by atoms with E-state index in [2.05, 4.69) is 6.08 Å². The van der Waals surface area contributed by atoms with Gasteiger partial charge in [-0.3, -0.25) is 10.2 Å². The standard InChI is InChI=1S/C21H28N2O3/c1-25-21(24)15-5-3-2-4-14(15)20-16-8-6-12(22)10-18(16)26-19-11-13(23)7-9-17(19)20/h6,8,10,13-15,17,19,22H,2-5,7,9,11,23H2,1H3/p+1. The lowest BCUT2D eigenvalue weighted by Gasteiger charge is -2.46. The van der Waals surface area contributed by atoms with Gasteiger partial charge < -0.3 is 15.2 Å². The third-order valence-corrected chi connectivity index (χ3v) is 6.50. The smallest absolute Gasteiger partial charge is 0.309 e. The summed E-state index contributed by atoms with van der Waals surface area (Å²) in [7, 11) is 1.50. The fraction of sp³-hybridized carbons (Fsp3) is 0.619. The van der Waals surface area contributed by atoms with E-state index in [9.17, 15) is 4.79 Å². The molecule has 0 radical (unpaired) electrons. The number of carbonyl (C=O) groups excluding carboxylic acids is 1. The van der Waals surface area contributed by atoms with Crippen LogP contribution in [-0.4, -0.2) is 30.9 Å². The van der Waals surface area contributed by atoms with Crippen LogP contribution < -0.4 is 11.1 Å². The lowest BCUT2D eigenvalue weighted by Crippen LogP contribution is -2.45. The fourth-order valence-corrected chi connectivity index (χ4v) is 5.30. The molecule has 0 amide bonds. The zero-order valence-electron chi connectivity index (χ0n) is 15.4. The number of carbonyl (C=O) groups is 1. The predicted octanol–water partition coefficient (Wildman–Crippen LogP) is 1.44. The molecule has 0 spiro atoms. The molecule has 4 aliphatic rings. The number of nitrogens with two attached hydrogens (primary N) is 2. The molecule has 3 aliphatic carbocycles. The molecule has 5 nitrogen and oxygen atoms in total. The van der Waals surface area contributed by atoms with Crippen LogP contribution in [0.15, 0.2) is 35.1 Å². The highest BCUT2D eigenvalue weighted by atomic mass is 16.5. The molecule has 2 saturated carbocycles. The molecule has 4 N–H and O–H groups in total.